The Morgan fingerprint density at radius 3 is 2.50 bits per heavy atom. The zero-order valence-corrected chi connectivity index (χ0v) is 7.66. The molecule has 2 N–H and O–H groups in total. The third-order valence-electron chi connectivity index (χ3n) is 2.00. The van der Waals surface area contributed by atoms with Crippen molar-refractivity contribution >= 4 is 12.4 Å². The summed E-state index contributed by atoms with van der Waals surface area (Å²) in [6.45, 7) is 5.29. The number of carbonyl (C=O) groups is 2. The molecule has 70 valence electrons. The number of rotatable bonds is 4. The average molecular weight is 173 g/mol. The minimum Gasteiger partial charge on any atom is -0.443 e. The second kappa shape index (κ2) is 4.09. The van der Waals surface area contributed by atoms with Crippen molar-refractivity contribution in [3.63, 3.8) is 0 Å². The van der Waals surface area contributed by atoms with Crippen molar-refractivity contribution in [1.82, 2.24) is 0 Å². The Bertz CT molecular complexity index is 177. The van der Waals surface area contributed by atoms with Gasteiger partial charge in [0.1, 0.15) is 11.9 Å². The van der Waals surface area contributed by atoms with Crippen molar-refractivity contribution in [3.8, 4) is 0 Å². The molecule has 1 unspecified atom stereocenters. The zero-order valence-electron chi connectivity index (χ0n) is 7.66. The predicted octanol–water partition coefficient (Wildman–Crippen LogP) is 1.09. The molecule has 0 aliphatic heterocycles. The molecular formula is C8H15NO3. The quantitative estimate of drug-likeness (QED) is 0.647. The summed E-state index contributed by atoms with van der Waals surface area (Å²) in [6.07, 6.45) is 0.356. The van der Waals surface area contributed by atoms with Gasteiger partial charge in [0.25, 0.3) is 0 Å². The van der Waals surface area contributed by atoms with Crippen LogP contribution in [0.5, 0.6) is 0 Å². The molecule has 4 heteroatoms. The number of primary amides is 1. The van der Waals surface area contributed by atoms with E-state index in [2.05, 4.69) is 0 Å². The van der Waals surface area contributed by atoms with Gasteiger partial charge in [0, 0.05) is 12.3 Å². The molecule has 0 radical (unpaired) electrons. The lowest BCUT2D eigenvalue weighted by Gasteiger charge is -2.29. The van der Waals surface area contributed by atoms with Gasteiger partial charge in [0.15, 0.2) is 0 Å². The maximum atomic E-state index is 10.4. The van der Waals surface area contributed by atoms with E-state index in [1.165, 1.54) is 0 Å². The second-order valence-corrected chi connectivity index (χ2v) is 3.33. The fourth-order valence-electron chi connectivity index (χ4n) is 0.788. The highest BCUT2D eigenvalue weighted by atomic mass is 16.6. The van der Waals surface area contributed by atoms with Crippen LogP contribution in [0.25, 0.3) is 0 Å². The van der Waals surface area contributed by atoms with Gasteiger partial charge in [-0.05, 0) is 13.8 Å². The predicted molar refractivity (Wildman–Crippen MR) is 44.6 cm³/mol. The Balaban J connectivity index is 4.16. The first-order valence-corrected chi connectivity index (χ1v) is 3.82. The van der Waals surface area contributed by atoms with E-state index in [1.54, 1.807) is 13.8 Å². The summed E-state index contributed by atoms with van der Waals surface area (Å²) in [6, 6.07) is 0. The molecule has 0 aromatic carbocycles. The third kappa shape index (κ3) is 3.37. The molecule has 12 heavy (non-hydrogen) atoms. The topological polar surface area (TPSA) is 69.4 Å². The van der Waals surface area contributed by atoms with Gasteiger partial charge in [-0.3, -0.25) is 0 Å². The van der Waals surface area contributed by atoms with Crippen LogP contribution in [0.4, 0.5) is 4.79 Å². The first kappa shape index (κ1) is 10.9. The normalized spacial score (nSPS) is 13.6. The third-order valence-corrected chi connectivity index (χ3v) is 2.00. The van der Waals surface area contributed by atoms with Crippen molar-refractivity contribution in [2.45, 2.75) is 32.8 Å². The highest BCUT2D eigenvalue weighted by Gasteiger charge is 2.28. The van der Waals surface area contributed by atoms with Gasteiger partial charge in [-0.1, -0.05) is 6.92 Å². The van der Waals surface area contributed by atoms with E-state index in [-0.39, 0.29) is 5.92 Å². The first-order valence-electron chi connectivity index (χ1n) is 3.82. The largest absolute Gasteiger partial charge is 0.443 e. The average Bonchev–Trinajstić information content (AvgIpc) is 1.85. The fraction of sp³-hybridized carbons (Fsp3) is 0.750. The summed E-state index contributed by atoms with van der Waals surface area (Å²) < 4.78 is 4.83. The van der Waals surface area contributed by atoms with Crippen molar-refractivity contribution in [3.05, 3.63) is 0 Å². The Labute approximate surface area is 72.1 Å². The van der Waals surface area contributed by atoms with Crippen LogP contribution in [0.2, 0.25) is 0 Å². The number of carbonyl (C=O) groups excluding carboxylic acids is 2. The molecule has 0 fully saturated rings. The van der Waals surface area contributed by atoms with Gasteiger partial charge in [0.2, 0.25) is 0 Å². The van der Waals surface area contributed by atoms with Crippen molar-refractivity contribution in [2.24, 2.45) is 11.7 Å². The minimum atomic E-state index is -0.808. The van der Waals surface area contributed by atoms with E-state index >= 15 is 0 Å². The highest BCUT2D eigenvalue weighted by molar-refractivity contribution is 5.65. The van der Waals surface area contributed by atoms with E-state index in [1.807, 2.05) is 6.92 Å². The summed E-state index contributed by atoms with van der Waals surface area (Å²) in [5, 5.41) is 0. The summed E-state index contributed by atoms with van der Waals surface area (Å²) in [5.74, 6) is -0.0255. The number of aldehydes is 1. The lowest BCUT2D eigenvalue weighted by atomic mass is 9.90. The van der Waals surface area contributed by atoms with Crippen LogP contribution in [-0.2, 0) is 9.53 Å². The standard InChI is InChI=1S/C8H15NO3/c1-6(4-5-10)8(2,3)12-7(9)11/h5-6H,4H2,1-3H3,(H2,9,11). The Morgan fingerprint density at radius 1 is 1.67 bits per heavy atom. The van der Waals surface area contributed by atoms with Crippen LogP contribution >= 0.6 is 0 Å². The van der Waals surface area contributed by atoms with Gasteiger partial charge >= 0.3 is 6.09 Å². The Hall–Kier alpha value is -1.06. The van der Waals surface area contributed by atoms with Gasteiger partial charge in [-0.25, -0.2) is 4.79 Å². The maximum absolute atomic E-state index is 10.4. The van der Waals surface area contributed by atoms with Crippen molar-refractivity contribution in [1.29, 1.82) is 0 Å². The summed E-state index contributed by atoms with van der Waals surface area (Å²) >= 11 is 0. The lowest BCUT2D eigenvalue weighted by Crippen LogP contribution is -2.37. The first-order chi connectivity index (χ1) is 5.40. The van der Waals surface area contributed by atoms with E-state index < -0.39 is 11.7 Å². The van der Waals surface area contributed by atoms with Crippen LogP contribution in [-0.4, -0.2) is 18.0 Å². The molecule has 4 nitrogen and oxygen atoms in total. The lowest BCUT2D eigenvalue weighted by molar-refractivity contribution is -0.110. The monoisotopic (exact) mass is 173 g/mol. The molecule has 1 amide bonds. The molecule has 0 aromatic heterocycles. The molecule has 0 aliphatic rings. The van der Waals surface area contributed by atoms with E-state index in [0.717, 1.165) is 6.29 Å². The van der Waals surface area contributed by atoms with Gasteiger partial charge < -0.3 is 15.3 Å². The molecule has 0 saturated heterocycles. The van der Waals surface area contributed by atoms with Crippen LogP contribution in [0.3, 0.4) is 0 Å². The number of hydrogen-bond donors (Lipinski definition) is 1. The summed E-state index contributed by atoms with van der Waals surface area (Å²) in [4.78, 5) is 20.6. The van der Waals surface area contributed by atoms with E-state index in [9.17, 15) is 9.59 Å². The molecule has 0 spiro atoms. The highest BCUT2D eigenvalue weighted by Crippen LogP contribution is 2.22. The molecule has 1 atom stereocenters. The Kier molecular flexibility index (Phi) is 3.73. The zero-order chi connectivity index (χ0) is 9.78. The van der Waals surface area contributed by atoms with Crippen LogP contribution in [0.1, 0.15) is 27.2 Å². The summed E-state index contributed by atoms with van der Waals surface area (Å²) in [5.41, 5.74) is 4.19. The van der Waals surface area contributed by atoms with Crippen molar-refractivity contribution < 1.29 is 14.3 Å². The number of ether oxygens (including phenoxy) is 1. The SMILES string of the molecule is CC(CC=O)C(C)(C)OC(N)=O. The van der Waals surface area contributed by atoms with Gasteiger partial charge in [-0.15, -0.1) is 0 Å². The molecule has 0 heterocycles. The molecule has 0 rings (SSSR count). The molecule has 0 aliphatic carbocycles. The summed E-state index contributed by atoms with van der Waals surface area (Å²) in [7, 11) is 0. The Morgan fingerprint density at radius 2 is 2.17 bits per heavy atom. The number of nitrogens with two attached hydrogens (primary N) is 1. The number of hydrogen-bond acceptors (Lipinski definition) is 3. The number of amides is 1. The molecular weight excluding hydrogens is 158 g/mol. The van der Waals surface area contributed by atoms with Gasteiger partial charge in [-0.2, -0.15) is 0 Å². The van der Waals surface area contributed by atoms with Crippen molar-refractivity contribution in [2.75, 3.05) is 0 Å². The maximum Gasteiger partial charge on any atom is 0.405 e. The van der Waals surface area contributed by atoms with Crippen LogP contribution in [0, 0.1) is 5.92 Å². The van der Waals surface area contributed by atoms with Crippen LogP contribution < -0.4 is 5.73 Å². The molecule has 0 aromatic rings. The minimum absolute atomic E-state index is 0.0255. The van der Waals surface area contributed by atoms with Gasteiger partial charge in [0.05, 0.1) is 0 Å². The molecule has 0 saturated carbocycles. The van der Waals surface area contributed by atoms with E-state index in [4.69, 9.17) is 10.5 Å². The van der Waals surface area contributed by atoms with Crippen LogP contribution in [0.15, 0.2) is 0 Å². The molecule has 0 bridgehead atoms. The fourth-order valence-corrected chi connectivity index (χ4v) is 0.788. The second-order valence-electron chi connectivity index (χ2n) is 3.33. The smallest absolute Gasteiger partial charge is 0.405 e. The van der Waals surface area contributed by atoms with E-state index in [0.29, 0.717) is 6.42 Å².